The third kappa shape index (κ3) is 15.1. The Kier molecular flexibility index (Phi) is 22.2. The first-order chi connectivity index (χ1) is 28.3. The summed E-state index contributed by atoms with van der Waals surface area (Å²) in [6, 6.07) is 6.34. The van der Waals surface area contributed by atoms with Gasteiger partial charge in [-0.3, -0.25) is 33.7 Å². The Balaban J connectivity index is 2.28. The Morgan fingerprint density at radius 2 is 1.52 bits per heavy atom. The van der Waals surface area contributed by atoms with Crippen LogP contribution in [-0.4, -0.2) is 146 Å². The molecule has 1 aliphatic rings. The molecule has 60 heavy (non-hydrogen) atoms. The van der Waals surface area contributed by atoms with Gasteiger partial charge in [0.15, 0.2) is 0 Å². The lowest BCUT2D eigenvalue weighted by atomic mass is 9.89. The second-order valence-electron chi connectivity index (χ2n) is 17.4. The number of aliphatic carboxylic acids is 1. The van der Waals surface area contributed by atoms with Gasteiger partial charge >= 0.3 is 5.97 Å². The fourth-order valence-corrected chi connectivity index (χ4v) is 8.51. The number of benzene rings is 1. The molecule has 1 aromatic rings. The van der Waals surface area contributed by atoms with Crippen LogP contribution in [0.25, 0.3) is 0 Å². The lowest BCUT2D eigenvalue weighted by Gasteiger charge is -2.41. The molecule has 1 aliphatic heterocycles. The topological polar surface area (TPSA) is 187 Å². The van der Waals surface area contributed by atoms with Gasteiger partial charge in [-0.25, -0.2) is 0 Å². The van der Waals surface area contributed by atoms with Crippen LogP contribution in [0.15, 0.2) is 30.3 Å². The molecule has 1 fully saturated rings. The van der Waals surface area contributed by atoms with Gasteiger partial charge in [-0.2, -0.15) is 0 Å². The Bertz CT molecular complexity index is 1520. The zero-order valence-electron chi connectivity index (χ0n) is 38.4. The molecule has 0 radical (unpaired) electrons. The van der Waals surface area contributed by atoms with Gasteiger partial charge in [0.05, 0.1) is 42.7 Å². The van der Waals surface area contributed by atoms with Crippen molar-refractivity contribution >= 4 is 35.5 Å². The number of likely N-dealkylation sites (tertiary alicyclic amines) is 1. The fourth-order valence-electron chi connectivity index (χ4n) is 8.51. The summed E-state index contributed by atoms with van der Waals surface area (Å²) in [5, 5.41) is 17.8. The van der Waals surface area contributed by atoms with Crippen molar-refractivity contribution < 1.29 is 43.3 Å². The number of unbranched alkanes of at least 4 members (excludes halogenated alkanes) is 1. The second-order valence-corrected chi connectivity index (χ2v) is 17.4. The fraction of sp³-hybridized carbons (Fsp3) is 0.733. The number of nitrogens with one attached hydrogen (secondary N) is 3. The number of carboxylic acids is 1. The van der Waals surface area contributed by atoms with E-state index in [-0.39, 0.29) is 67.2 Å². The molecule has 1 heterocycles. The van der Waals surface area contributed by atoms with Gasteiger partial charge < -0.3 is 40.3 Å². The molecular formula is C45H76N6O9. The minimum atomic E-state index is -0.896. The highest BCUT2D eigenvalue weighted by Crippen LogP contribution is 2.30. The number of likely N-dealkylation sites (N-methyl/N-ethyl adjacent to an activating group) is 2. The summed E-state index contributed by atoms with van der Waals surface area (Å²) in [6.45, 7) is 14.3. The number of rotatable bonds is 26. The molecular weight excluding hydrogens is 769 g/mol. The molecule has 15 heteroatoms. The Hall–Kier alpha value is -4.08. The monoisotopic (exact) mass is 845 g/mol. The predicted octanol–water partition coefficient (Wildman–Crippen LogP) is 3.73. The number of carboxylic acid groups (broad SMARTS) is 1. The summed E-state index contributed by atoms with van der Waals surface area (Å²) in [7, 11) is 8.47. The lowest BCUT2D eigenvalue weighted by molar-refractivity contribution is -0.148. The molecule has 4 N–H and O–H groups in total. The van der Waals surface area contributed by atoms with Gasteiger partial charge in [0.25, 0.3) is 0 Å². The summed E-state index contributed by atoms with van der Waals surface area (Å²) < 4.78 is 12.0. The van der Waals surface area contributed by atoms with Gasteiger partial charge in [-0.1, -0.05) is 85.2 Å². The summed E-state index contributed by atoms with van der Waals surface area (Å²) in [5.41, 5.74) is 0.858. The van der Waals surface area contributed by atoms with Crippen molar-refractivity contribution in [3.8, 4) is 0 Å². The van der Waals surface area contributed by atoms with E-state index < -0.39 is 60.2 Å². The van der Waals surface area contributed by atoms with E-state index in [0.29, 0.717) is 38.6 Å². The van der Waals surface area contributed by atoms with Crippen LogP contribution in [0.3, 0.4) is 0 Å². The van der Waals surface area contributed by atoms with Crippen LogP contribution < -0.4 is 16.0 Å². The van der Waals surface area contributed by atoms with Crippen molar-refractivity contribution in [2.24, 2.45) is 23.7 Å². The van der Waals surface area contributed by atoms with E-state index in [1.807, 2.05) is 90.9 Å². The summed E-state index contributed by atoms with van der Waals surface area (Å²) in [4.78, 5) is 85.6. The number of carbonyl (C=O) groups excluding carboxylic acids is 5. The lowest BCUT2D eigenvalue weighted by Crippen LogP contribution is -2.59. The van der Waals surface area contributed by atoms with Crippen LogP contribution in [0.2, 0.25) is 0 Å². The number of carbonyl (C=O) groups is 6. The molecule has 1 aromatic carbocycles. The van der Waals surface area contributed by atoms with Crippen molar-refractivity contribution in [2.75, 3.05) is 48.5 Å². The highest BCUT2D eigenvalue weighted by Gasteiger charge is 2.43. The molecule has 1 saturated heterocycles. The molecule has 2 rings (SSSR count). The van der Waals surface area contributed by atoms with Gasteiger partial charge in [0.2, 0.25) is 29.5 Å². The van der Waals surface area contributed by atoms with E-state index in [9.17, 15) is 28.8 Å². The second kappa shape index (κ2) is 25.6. The first kappa shape index (κ1) is 52.1. The third-order valence-electron chi connectivity index (χ3n) is 12.0. The molecule has 340 valence electrons. The van der Waals surface area contributed by atoms with Crippen LogP contribution >= 0.6 is 0 Å². The minimum Gasteiger partial charge on any atom is -0.481 e. The highest BCUT2D eigenvalue weighted by molar-refractivity contribution is 5.90. The predicted molar refractivity (Wildman–Crippen MR) is 232 cm³/mol. The molecule has 5 amide bonds. The molecule has 0 saturated carbocycles. The average molecular weight is 845 g/mol. The standard InChI is InChI=1S/C45H76N6O9/c1-13-30(6)40(50(10)45(58)38(28(2)3)48-44(57)39(29(4)5)49(8)9)35(59-11)27-36(52)51-25-19-22-34(51)41(60-12)31(7)42(55)47-33(26-32-20-15-14-16-21-32)43(56)46-24-18-17-23-37(53)54/h14-16,20-21,28-31,33-35,38-41H,13,17-19,22-27H2,1-12H3,(H,46,56)(H,47,55)(H,48,57)(H,53,54)/t30?,31-,33?,34+,35-,38+,39+,40+,41-/m1/s1. The average Bonchev–Trinajstić information content (AvgIpc) is 3.68. The molecule has 2 unspecified atom stereocenters. The number of nitrogens with zero attached hydrogens (tertiary/aromatic N) is 3. The Morgan fingerprint density at radius 1 is 0.867 bits per heavy atom. The Labute approximate surface area is 359 Å². The van der Waals surface area contributed by atoms with E-state index in [2.05, 4.69) is 16.0 Å². The van der Waals surface area contributed by atoms with Crippen LogP contribution in [-0.2, 0) is 44.7 Å². The van der Waals surface area contributed by atoms with Crippen molar-refractivity contribution in [3.05, 3.63) is 35.9 Å². The molecule has 0 aromatic heterocycles. The van der Waals surface area contributed by atoms with Crippen molar-refractivity contribution in [3.63, 3.8) is 0 Å². The number of amides is 5. The number of hydrogen-bond acceptors (Lipinski definition) is 9. The van der Waals surface area contributed by atoms with Crippen molar-refractivity contribution in [1.82, 2.24) is 30.7 Å². The number of ether oxygens (including phenoxy) is 2. The zero-order valence-corrected chi connectivity index (χ0v) is 38.4. The summed E-state index contributed by atoms with van der Waals surface area (Å²) >= 11 is 0. The molecule has 0 aliphatic carbocycles. The zero-order chi connectivity index (χ0) is 45.3. The highest BCUT2D eigenvalue weighted by atomic mass is 16.5. The first-order valence-electron chi connectivity index (χ1n) is 21.7. The number of hydrogen-bond donors (Lipinski definition) is 4. The minimum absolute atomic E-state index is 0.00800. The quantitative estimate of drug-likeness (QED) is 0.100. The molecule has 9 atom stereocenters. The number of methoxy groups -OCH3 is 2. The van der Waals surface area contributed by atoms with Crippen LogP contribution in [0, 0.1) is 23.7 Å². The maximum Gasteiger partial charge on any atom is 0.303 e. The normalized spacial score (nSPS) is 18.2. The van der Waals surface area contributed by atoms with Crippen molar-refractivity contribution in [1.29, 1.82) is 0 Å². The third-order valence-corrected chi connectivity index (χ3v) is 12.0. The first-order valence-corrected chi connectivity index (χ1v) is 21.7. The van der Waals surface area contributed by atoms with E-state index in [1.165, 1.54) is 7.11 Å². The van der Waals surface area contributed by atoms with Crippen molar-refractivity contribution in [2.45, 2.75) is 142 Å². The smallest absolute Gasteiger partial charge is 0.303 e. The van der Waals surface area contributed by atoms with E-state index >= 15 is 0 Å². The molecule has 0 spiro atoms. The maximum absolute atomic E-state index is 14.3. The van der Waals surface area contributed by atoms with Gasteiger partial charge in [-0.15, -0.1) is 0 Å². The van der Waals surface area contributed by atoms with E-state index in [1.54, 1.807) is 30.9 Å². The summed E-state index contributed by atoms with van der Waals surface area (Å²) in [5.74, 6) is -3.29. The Morgan fingerprint density at radius 3 is 2.05 bits per heavy atom. The van der Waals surface area contributed by atoms with Crippen LogP contribution in [0.4, 0.5) is 0 Å². The van der Waals surface area contributed by atoms with Crippen LogP contribution in [0.5, 0.6) is 0 Å². The van der Waals surface area contributed by atoms with E-state index in [0.717, 1.165) is 5.56 Å². The van der Waals surface area contributed by atoms with Gasteiger partial charge in [-0.05, 0) is 63.1 Å². The van der Waals surface area contributed by atoms with Gasteiger partial charge in [0.1, 0.15) is 12.1 Å². The maximum atomic E-state index is 14.3. The summed E-state index contributed by atoms with van der Waals surface area (Å²) in [6.07, 6.45) is 1.82. The van der Waals surface area contributed by atoms with E-state index in [4.69, 9.17) is 14.6 Å². The molecule has 15 nitrogen and oxygen atoms in total. The van der Waals surface area contributed by atoms with Gasteiger partial charge in [0, 0.05) is 47.2 Å². The SMILES string of the molecule is CCC(C)[C@@H]([C@@H](CC(=O)N1CCC[C@H]1[C@H](OC)[C@@H](C)C(=O)NC(Cc1ccccc1)C(=O)NCCCCC(=O)O)OC)N(C)C(=O)[C@@H](NC(=O)[C@H](C(C)C)N(C)C)C(C)C. The van der Waals surface area contributed by atoms with Crippen LogP contribution in [0.1, 0.15) is 99.0 Å². The molecule has 0 bridgehead atoms. The largest absolute Gasteiger partial charge is 0.481 e.